The normalized spacial score (nSPS) is 10.4. The van der Waals surface area contributed by atoms with Crippen LogP contribution in [0, 0.1) is 0 Å². The Kier molecular flexibility index (Phi) is 2.23. The summed E-state index contributed by atoms with van der Waals surface area (Å²) in [4.78, 5) is 0. The maximum Gasteiger partial charge on any atom is 0.0724 e. The van der Waals surface area contributed by atoms with Crippen molar-refractivity contribution >= 4 is 5.69 Å². The molecule has 0 saturated heterocycles. The van der Waals surface area contributed by atoms with Crippen LogP contribution in [0.4, 0.5) is 5.69 Å². The molecule has 0 bridgehead atoms. The molecule has 0 aliphatic carbocycles. The van der Waals surface area contributed by atoms with Crippen LogP contribution < -0.4 is 5.73 Å². The summed E-state index contributed by atoms with van der Waals surface area (Å²) >= 11 is 0. The van der Waals surface area contributed by atoms with E-state index in [-0.39, 0.29) is 0 Å². The van der Waals surface area contributed by atoms with Crippen LogP contribution in [-0.2, 0) is 6.42 Å². The van der Waals surface area contributed by atoms with Crippen LogP contribution in [0.15, 0.2) is 36.7 Å². The minimum absolute atomic E-state index is 0.685. The van der Waals surface area contributed by atoms with Crippen LogP contribution in [0.5, 0.6) is 0 Å². The lowest BCUT2D eigenvalue weighted by Crippen LogP contribution is -1.94. The monoisotopic (exact) mass is 187 g/mol. The molecular formula is C11H13N3. The zero-order valence-electron chi connectivity index (χ0n) is 8.14. The SMILES string of the molecule is CCc1ccc(-n2cc(N)cn2)cc1. The first kappa shape index (κ1) is 8.81. The Bertz CT molecular complexity index is 414. The molecule has 0 radical (unpaired) electrons. The molecule has 2 N–H and O–H groups in total. The van der Waals surface area contributed by atoms with Crippen LogP contribution in [0.25, 0.3) is 5.69 Å². The second-order valence-electron chi connectivity index (χ2n) is 3.24. The zero-order valence-corrected chi connectivity index (χ0v) is 8.14. The van der Waals surface area contributed by atoms with Crippen LogP contribution >= 0.6 is 0 Å². The number of anilines is 1. The Hall–Kier alpha value is -1.77. The third-order valence-corrected chi connectivity index (χ3v) is 2.21. The molecule has 1 heterocycles. The maximum absolute atomic E-state index is 5.59. The van der Waals surface area contributed by atoms with E-state index in [1.807, 2.05) is 12.1 Å². The molecule has 0 fully saturated rings. The van der Waals surface area contributed by atoms with Gasteiger partial charge in [-0.15, -0.1) is 0 Å². The predicted molar refractivity (Wildman–Crippen MR) is 57.4 cm³/mol. The fourth-order valence-corrected chi connectivity index (χ4v) is 1.36. The van der Waals surface area contributed by atoms with Crippen LogP contribution in [-0.4, -0.2) is 9.78 Å². The highest BCUT2D eigenvalue weighted by molar-refractivity contribution is 5.39. The fourth-order valence-electron chi connectivity index (χ4n) is 1.36. The topological polar surface area (TPSA) is 43.8 Å². The number of nitrogens with zero attached hydrogens (tertiary/aromatic N) is 2. The van der Waals surface area contributed by atoms with Crippen molar-refractivity contribution in [3.05, 3.63) is 42.2 Å². The zero-order chi connectivity index (χ0) is 9.97. The van der Waals surface area contributed by atoms with E-state index < -0.39 is 0 Å². The molecule has 1 aromatic carbocycles. The van der Waals surface area contributed by atoms with E-state index in [0.29, 0.717) is 5.69 Å². The lowest BCUT2D eigenvalue weighted by molar-refractivity contribution is 0.879. The Labute approximate surface area is 83.2 Å². The van der Waals surface area contributed by atoms with E-state index in [4.69, 9.17) is 5.73 Å². The first-order valence-corrected chi connectivity index (χ1v) is 4.69. The van der Waals surface area contributed by atoms with E-state index in [9.17, 15) is 0 Å². The molecule has 2 aromatic rings. The number of rotatable bonds is 2. The van der Waals surface area contributed by atoms with Gasteiger partial charge in [0.2, 0.25) is 0 Å². The molecule has 1 aromatic heterocycles. The number of aryl methyl sites for hydroxylation is 1. The molecule has 72 valence electrons. The molecule has 0 spiro atoms. The number of hydrogen-bond acceptors (Lipinski definition) is 2. The predicted octanol–water partition coefficient (Wildman–Crippen LogP) is 2.02. The minimum atomic E-state index is 0.685. The van der Waals surface area contributed by atoms with E-state index in [2.05, 4.69) is 24.2 Å². The second-order valence-corrected chi connectivity index (χ2v) is 3.24. The molecule has 14 heavy (non-hydrogen) atoms. The van der Waals surface area contributed by atoms with Gasteiger partial charge in [0, 0.05) is 0 Å². The second kappa shape index (κ2) is 3.54. The van der Waals surface area contributed by atoms with Gasteiger partial charge in [-0.3, -0.25) is 0 Å². The average Bonchev–Trinajstić information content (AvgIpc) is 2.65. The van der Waals surface area contributed by atoms with Gasteiger partial charge in [0.15, 0.2) is 0 Å². The van der Waals surface area contributed by atoms with Crippen LogP contribution in [0.2, 0.25) is 0 Å². The smallest absolute Gasteiger partial charge is 0.0724 e. The first-order valence-electron chi connectivity index (χ1n) is 4.69. The molecular weight excluding hydrogens is 174 g/mol. The summed E-state index contributed by atoms with van der Waals surface area (Å²) in [5.41, 5.74) is 8.64. The van der Waals surface area contributed by atoms with Gasteiger partial charge in [-0.25, -0.2) is 4.68 Å². The number of aromatic nitrogens is 2. The number of hydrogen-bond donors (Lipinski definition) is 1. The molecule has 2 rings (SSSR count). The first-order chi connectivity index (χ1) is 6.79. The van der Waals surface area contributed by atoms with E-state index in [1.165, 1.54) is 5.56 Å². The highest BCUT2D eigenvalue weighted by Crippen LogP contribution is 2.10. The van der Waals surface area contributed by atoms with Gasteiger partial charge >= 0.3 is 0 Å². The van der Waals surface area contributed by atoms with E-state index in [0.717, 1.165) is 12.1 Å². The Morgan fingerprint density at radius 2 is 2.00 bits per heavy atom. The standard InChI is InChI=1S/C11H13N3/c1-2-9-3-5-11(6-4-9)14-8-10(12)7-13-14/h3-8H,2,12H2,1H3. The minimum Gasteiger partial charge on any atom is -0.396 e. The average molecular weight is 187 g/mol. The number of benzene rings is 1. The highest BCUT2D eigenvalue weighted by atomic mass is 15.3. The van der Waals surface area contributed by atoms with Gasteiger partial charge in [0.05, 0.1) is 23.8 Å². The van der Waals surface area contributed by atoms with E-state index >= 15 is 0 Å². The fraction of sp³-hybridized carbons (Fsp3) is 0.182. The van der Waals surface area contributed by atoms with Crippen LogP contribution in [0.3, 0.4) is 0 Å². The molecule has 3 nitrogen and oxygen atoms in total. The molecule has 0 aliphatic heterocycles. The third kappa shape index (κ3) is 1.62. The number of nitrogens with two attached hydrogens (primary N) is 1. The summed E-state index contributed by atoms with van der Waals surface area (Å²) in [5.74, 6) is 0. The third-order valence-electron chi connectivity index (χ3n) is 2.21. The summed E-state index contributed by atoms with van der Waals surface area (Å²) < 4.78 is 1.77. The van der Waals surface area contributed by atoms with Crippen molar-refractivity contribution in [3.63, 3.8) is 0 Å². The Balaban J connectivity index is 2.33. The van der Waals surface area contributed by atoms with Gasteiger partial charge in [-0.05, 0) is 24.1 Å². The Morgan fingerprint density at radius 1 is 1.29 bits per heavy atom. The molecule has 0 amide bonds. The van der Waals surface area contributed by atoms with Crippen molar-refractivity contribution in [1.82, 2.24) is 9.78 Å². The molecule has 0 saturated carbocycles. The van der Waals surface area contributed by atoms with Crippen molar-refractivity contribution in [2.75, 3.05) is 5.73 Å². The van der Waals surface area contributed by atoms with Gasteiger partial charge < -0.3 is 5.73 Å². The largest absolute Gasteiger partial charge is 0.396 e. The summed E-state index contributed by atoms with van der Waals surface area (Å²) in [6.07, 6.45) is 4.51. The van der Waals surface area contributed by atoms with Gasteiger partial charge in [-0.1, -0.05) is 19.1 Å². The summed E-state index contributed by atoms with van der Waals surface area (Å²) in [7, 11) is 0. The maximum atomic E-state index is 5.59. The molecule has 0 atom stereocenters. The number of nitrogen functional groups attached to an aromatic ring is 1. The highest BCUT2D eigenvalue weighted by Gasteiger charge is 1.97. The lowest BCUT2D eigenvalue weighted by atomic mass is 10.1. The summed E-state index contributed by atoms with van der Waals surface area (Å²) in [6.45, 7) is 2.14. The van der Waals surface area contributed by atoms with Gasteiger partial charge in [0.1, 0.15) is 0 Å². The summed E-state index contributed by atoms with van der Waals surface area (Å²) in [6, 6.07) is 8.30. The van der Waals surface area contributed by atoms with Gasteiger partial charge in [-0.2, -0.15) is 5.10 Å². The quantitative estimate of drug-likeness (QED) is 0.781. The van der Waals surface area contributed by atoms with Crippen molar-refractivity contribution in [2.24, 2.45) is 0 Å². The van der Waals surface area contributed by atoms with Crippen molar-refractivity contribution in [3.8, 4) is 5.69 Å². The van der Waals surface area contributed by atoms with Crippen LogP contribution in [0.1, 0.15) is 12.5 Å². The molecule has 0 unspecified atom stereocenters. The summed E-state index contributed by atoms with van der Waals surface area (Å²) in [5, 5.41) is 4.13. The molecule has 0 aliphatic rings. The van der Waals surface area contributed by atoms with E-state index in [1.54, 1.807) is 17.1 Å². The lowest BCUT2D eigenvalue weighted by Gasteiger charge is -2.01. The van der Waals surface area contributed by atoms with Gasteiger partial charge in [0.25, 0.3) is 0 Å². The van der Waals surface area contributed by atoms with Crippen molar-refractivity contribution in [1.29, 1.82) is 0 Å². The van der Waals surface area contributed by atoms with Crippen molar-refractivity contribution < 1.29 is 0 Å². The molecule has 3 heteroatoms. The van der Waals surface area contributed by atoms with Crippen molar-refractivity contribution in [2.45, 2.75) is 13.3 Å². The Morgan fingerprint density at radius 3 is 2.50 bits per heavy atom.